The summed E-state index contributed by atoms with van der Waals surface area (Å²) in [5.41, 5.74) is -0.854. The second kappa shape index (κ2) is 9.13. The molecule has 1 aliphatic heterocycles. The van der Waals surface area contributed by atoms with Crippen LogP contribution in [0.1, 0.15) is 5.56 Å². The van der Waals surface area contributed by atoms with Crippen molar-refractivity contribution in [3.8, 4) is 17.4 Å². The van der Waals surface area contributed by atoms with Gasteiger partial charge in [0.15, 0.2) is 0 Å². The summed E-state index contributed by atoms with van der Waals surface area (Å²) in [6.45, 7) is 2.32. The molecule has 1 aliphatic rings. The van der Waals surface area contributed by atoms with E-state index in [1.54, 1.807) is 35.4 Å². The highest BCUT2D eigenvalue weighted by molar-refractivity contribution is 5.71. The summed E-state index contributed by atoms with van der Waals surface area (Å²) in [6, 6.07) is 13.9. The van der Waals surface area contributed by atoms with Crippen LogP contribution in [0.3, 0.4) is 0 Å². The van der Waals surface area contributed by atoms with Crippen molar-refractivity contribution in [1.82, 2.24) is 14.9 Å². The van der Waals surface area contributed by atoms with E-state index in [2.05, 4.69) is 14.9 Å². The number of rotatable bonds is 4. The number of anilines is 1. The minimum absolute atomic E-state index is 0.0218. The van der Waals surface area contributed by atoms with Gasteiger partial charge in [-0.2, -0.15) is 13.2 Å². The third kappa shape index (κ3) is 5.26. The lowest BCUT2D eigenvalue weighted by Crippen LogP contribution is -2.49. The molecule has 0 radical (unpaired) electrons. The van der Waals surface area contributed by atoms with Crippen molar-refractivity contribution in [1.29, 1.82) is 0 Å². The molecule has 32 heavy (non-hydrogen) atoms. The van der Waals surface area contributed by atoms with Crippen LogP contribution in [0, 0.1) is 0 Å². The average Bonchev–Trinajstić information content (AvgIpc) is 2.81. The number of carbonyl (C=O) groups excluding carboxylic acids is 1. The van der Waals surface area contributed by atoms with Crippen molar-refractivity contribution in [2.45, 2.75) is 6.18 Å². The van der Waals surface area contributed by atoms with Crippen molar-refractivity contribution in [3.63, 3.8) is 0 Å². The second-order valence-electron chi connectivity index (χ2n) is 6.99. The number of nitrogens with zero attached hydrogens (tertiary/aromatic N) is 4. The second-order valence-corrected chi connectivity index (χ2v) is 6.99. The predicted molar refractivity (Wildman–Crippen MR) is 110 cm³/mol. The normalized spacial score (nSPS) is 14.2. The fourth-order valence-corrected chi connectivity index (χ4v) is 3.13. The quantitative estimate of drug-likeness (QED) is 0.586. The van der Waals surface area contributed by atoms with Crippen molar-refractivity contribution in [3.05, 3.63) is 72.6 Å². The Kier molecular flexibility index (Phi) is 6.11. The van der Waals surface area contributed by atoms with E-state index in [1.807, 2.05) is 18.2 Å². The molecule has 3 heterocycles. The van der Waals surface area contributed by atoms with Crippen LogP contribution in [0.5, 0.6) is 17.4 Å². The molecule has 0 saturated carbocycles. The number of hydrogen-bond donors (Lipinski definition) is 0. The summed E-state index contributed by atoms with van der Waals surface area (Å²) in [4.78, 5) is 24.1. The number of hydrogen-bond acceptors (Lipinski definition) is 6. The number of halogens is 3. The van der Waals surface area contributed by atoms with E-state index in [0.717, 1.165) is 18.0 Å². The lowest BCUT2D eigenvalue weighted by atomic mass is 10.3. The highest BCUT2D eigenvalue weighted by Crippen LogP contribution is 2.30. The van der Waals surface area contributed by atoms with E-state index in [0.29, 0.717) is 43.9 Å². The van der Waals surface area contributed by atoms with Crippen LogP contribution in [0.25, 0.3) is 0 Å². The first-order valence-corrected chi connectivity index (χ1v) is 9.82. The Morgan fingerprint density at radius 3 is 2.19 bits per heavy atom. The molecule has 1 saturated heterocycles. The summed E-state index contributed by atoms with van der Waals surface area (Å²) < 4.78 is 48.6. The maximum Gasteiger partial charge on any atom is 0.417 e. The molecular formula is C22H19F3N4O3. The topological polar surface area (TPSA) is 67.8 Å². The zero-order valence-corrected chi connectivity index (χ0v) is 16.8. The molecule has 0 spiro atoms. The van der Waals surface area contributed by atoms with Gasteiger partial charge in [-0.05, 0) is 42.5 Å². The number of benzene rings is 1. The van der Waals surface area contributed by atoms with Crippen molar-refractivity contribution in [2.75, 3.05) is 31.1 Å². The molecule has 7 nitrogen and oxygen atoms in total. The number of pyridine rings is 2. The Balaban J connectivity index is 1.28. The first-order chi connectivity index (χ1) is 15.4. The number of alkyl halides is 3. The molecule has 166 valence electrons. The van der Waals surface area contributed by atoms with Crippen molar-refractivity contribution < 1.29 is 27.4 Å². The largest absolute Gasteiger partial charge is 0.439 e. The summed E-state index contributed by atoms with van der Waals surface area (Å²) in [7, 11) is 0. The van der Waals surface area contributed by atoms with Crippen LogP contribution in [0.4, 0.5) is 23.8 Å². The molecule has 0 N–H and O–H groups in total. The Hall–Kier alpha value is -3.82. The molecule has 2 aromatic heterocycles. The van der Waals surface area contributed by atoms with Gasteiger partial charge in [-0.1, -0.05) is 6.07 Å². The van der Waals surface area contributed by atoms with Gasteiger partial charge < -0.3 is 19.3 Å². The molecule has 10 heteroatoms. The SMILES string of the molecule is O=C(Oc1ccc(Oc2ccc(C(F)(F)F)cn2)cc1)N1CCN(c2ccccn2)CC1. The first-order valence-electron chi connectivity index (χ1n) is 9.82. The summed E-state index contributed by atoms with van der Waals surface area (Å²) in [5.74, 6) is 1.57. The van der Waals surface area contributed by atoms with E-state index in [1.165, 1.54) is 0 Å². The number of aromatic nitrogens is 2. The van der Waals surface area contributed by atoms with Crippen molar-refractivity contribution in [2.24, 2.45) is 0 Å². The van der Waals surface area contributed by atoms with Crippen molar-refractivity contribution >= 4 is 11.9 Å². The Labute approximate surface area is 182 Å². The molecular weight excluding hydrogens is 425 g/mol. The molecule has 4 rings (SSSR count). The first kappa shape index (κ1) is 21.4. The lowest BCUT2D eigenvalue weighted by molar-refractivity contribution is -0.137. The number of amides is 1. The summed E-state index contributed by atoms with van der Waals surface area (Å²) in [5, 5.41) is 0. The molecule has 0 aliphatic carbocycles. The number of piperazine rings is 1. The average molecular weight is 444 g/mol. The van der Waals surface area contributed by atoms with Gasteiger partial charge in [-0.3, -0.25) is 0 Å². The monoisotopic (exact) mass is 444 g/mol. The highest BCUT2D eigenvalue weighted by Gasteiger charge is 2.30. The molecule has 0 bridgehead atoms. The molecule has 0 atom stereocenters. The van der Waals surface area contributed by atoms with Crippen LogP contribution in [-0.2, 0) is 6.18 Å². The van der Waals surface area contributed by atoms with Gasteiger partial charge >= 0.3 is 12.3 Å². The van der Waals surface area contributed by atoms with Gasteiger partial charge in [-0.25, -0.2) is 14.8 Å². The minimum Gasteiger partial charge on any atom is -0.439 e. The van der Waals surface area contributed by atoms with Gasteiger partial charge in [0.25, 0.3) is 0 Å². The standard InChI is InChI=1S/C22H19F3N4O3/c23-22(24,25)16-4-9-20(27-15-16)31-17-5-7-18(8-6-17)32-21(30)29-13-11-28(12-14-29)19-3-1-2-10-26-19/h1-10,15H,11-14H2. The predicted octanol–water partition coefficient (Wildman–Crippen LogP) is 4.61. The third-order valence-electron chi connectivity index (χ3n) is 4.83. The molecule has 1 aromatic carbocycles. The lowest BCUT2D eigenvalue weighted by Gasteiger charge is -2.34. The van der Waals surface area contributed by atoms with E-state index < -0.39 is 17.8 Å². The minimum atomic E-state index is -4.46. The van der Waals surface area contributed by atoms with Gasteiger partial charge in [-0.15, -0.1) is 0 Å². The van der Waals surface area contributed by atoms with Crippen LogP contribution in [0.2, 0.25) is 0 Å². The summed E-state index contributed by atoms with van der Waals surface area (Å²) in [6.07, 6.45) is -2.47. The fraction of sp³-hybridized carbons (Fsp3) is 0.227. The maximum absolute atomic E-state index is 12.6. The molecule has 1 fully saturated rings. The van der Waals surface area contributed by atoms with E-state index in [-0.39, 0.29) is 5.88 Å². The van der Waals surface area contributed by atoms with Crippen LogP contribution >= 0.6 is 0 Å². The fourth-order valence-electron chi connectivity index (χ4n) is 3.13. The van der Waals surface area contributed by atoms with E-state index in [9.17, 15) is 18.0 Å². The van der Waals surface area contributed by atoms with Gasteiger partial charge in [0.2, 0.25) is 5.88 Å². The Bertz CT molecular complexity index is 1040. The van der Waals surface area contributed by atoms with E-state index >= 15 is 0 Å². The van der Waals surface area contributed by atoms with Crippen LogP contribution in [0.15, 0.2) is 67.0 Å². The zero-order valence-electron chi connectivity index (χ0n) is 16.8. The number of carbonyl (C=O) groups is 1. The van der Waals surface area contributed by atoms with Crippen LogP contribution < -0.4 is 14.4 Å². The van der Waals surface area contributed by atoms with Gasteiger partial charge in [0.05, 0.1) is 5.56 Å². The molecule has 3 aromatic rings. The maximum atomic E-state index is 12.6. The summed E-state index contributed by atoms with van der Waals surface area (Å²) >= 11 is 0. The Morgan fingerprint density at radius 2 is 1.59 bits per heavy atom. The van der Waals surface area contributed by atoms with E-state index in [4.69, 9.17) is 9.47 Å². The van der Waals surface area contributed by atoms with Gasteiger partial charge in [0.1, 0.15) is 17.3 Å². The molecule has 1 amide bonds. The number of ether oxygens (including phenoxy) is 2. The third-order valence-corrected chi connectivity index (χ3v) is 4.83. The Morgan fingerprint density at radius 1 is 0.875 bits per heavy atom. The highest BCUT2D eigenvalue weighted by atomic mass is 19.4. The van der Waals surface area contributed by atoms with Crippen LogP contribution in [-0.4, -0.2) is 47.1 Å². The zero-order chi connectivity index (χ0) is 22.6. The smallest absolute Gasteiger partial charge is 0.417 e. The van der Waals surface area contributed by atoms with Gasteiger partial charge in [0, 0.05) is 44.6 Å². The molecule has 0 unspecified atom stereocenters.